The average molecular weight is 673 g/mol. The smallest absolute Gasteiger partial charge is 0.192 e. The molecule has 0 aromatic carbocycles. The first-order valence-electron chi connectivity index (χ1n) is 15.9. The normalized spacial score (nSPS) is 40.3. The van der Waals surface area contributed by atoms with Crippen molar-refractivity contribution < 1.29 is 8.85 Å². The van der Waals surface area contributed by atoms with E-state index in [1.54, 1.807) is 0 Å². The van der Waals surface area contributed by atoms with Gasteiger partial charge in [-0.2, -0.15) is 0 Å². The molecule has 0 bridgehead atoms. The molecule has 0 unspecified atom stereocenters. The SMILES string of the molecule is CC(C)(C)[Si](C)(C)O[C@H]1CC[C@]2(C)C3=CC[C@]4(C)[C@@H](O[Si](C)(C)C(C)(C)C)CC[C@H]4[C@@H]3CC[C@]2(CCI)C1. The van der Waals surface area contributed by atoms with Gasteiger partial charge in [-0.15, -0.1) is 0 Å². The van der Waals surface area contributed by atoms with Gasteiger partial charge in [-0.3, -0.25) is 0 Å². The van der Waals surface area contributed by atoms with Crippen LogP contribution in [0.5, 0.6) is 0 Å². The molecule has 3 fully saturated rings. The summed E-state index contributed by atoms with van der Waals surface area (Å²) in [6.07, 6.45) is 15.5. The maximum Gasteiger partial charge on any atom is 0.192 e. The summed E-state index contributed by atoms with van der Waals surface area (Å²) >= 11 is 2.66. The quantitative estimate of drug-likeness (QED) is 0.121. The predicted molar refractivity (Wildman–Crippen MR) is 178 cm³/mol. The van der Waals surface area contributed by atoms with E-state index in [-0.39, 0.29) is 10.1 Å². The lowest BCUT2D eigenvalue weighted by molar-refractivity contribution is -0.0824. The predicted octanol–water partition coefficient (Wildman–Crippen LogP) is 10.9. The molecule has 220 valence electrons. The minimum atomic E-state index is -1.78. The molecular weight excluding hydrogens is 611 g/mol. The molecule has 0 N–H and O–H groups in total. The third kappa shape index (κ3) is 5.15. The number of alkyl halides is 1. The molecule has 4 rings (SSSR count). The van der Waals surface area contributed by atoms with Gasteiger partial charge in [-0.25, -0.2) is 0 Å². The summed E-state index contributed by atoms with van der Waals surface area (Å²) in [5, 5.41) is 0.559. The Morgan fingerprint density at radius 3 is 2.05 bits per heavy atom. The lowest BCUT2D eigenvalue weighted by atomic mass is 9.43. The highest BCUT2D eigenvalue weighted by Gasteiger charge is 2.63. The van der Waals surface area contributed by atoms with Gasteiger partial charge < -0.3 is 8.85 Å². The summed E-state index contributed by atoms with van der Waals surface area (Å²) in [5.41, 5.74) is 2.93. The molecule has 0 radical (unpaired) electrons. The van der Waals surface area contributed by atoms with Crippen molar-refractivity contribution >= 4 is 39.2 Å². The van der Waals surface area contributed by atoms with Crippen molar-refractivity contribution in [3.05, 3.63) is 11.6 Å². The molecule has 2 nitrogen and oxygen atoms in total. The zero-order valence-electron chi connectivity index (χ0n) is 27.2. The summed E-state index contributed by atoms with van der Waals surface area (Å²) < 4.78 is 15.6. The fourth-order valence-corrected chi connectivity index (χ4v) is 12.6. The molecule has 38 heavy (non-hydrogen) atoms. The topological polar surface area (TPSA) is 18.5 Å². The molecule has 4 aliphatic rings. The molecule has 0 heterocycles. The van der Waals surface area contributed by atoms with Crippen LogP contribution in [0.4, 0.5) is 0 Å². The van der Waals surface area contributed by atoms with Crippen molar-refractivity contribution in [2.45, 2.75) is 162 Å². The maximum absolute atomic E-state index is 7.19. The third-order valence-electron chi connectivity index (χ3n) is 13.4. The summed E-state index contributed by atoms with van der Waals surface area (Å²) in [4.78, 5) is 0. The number of hydrogen-bond donors (Lipinski definition) is 0. The van der Waals surface area contributed by atoms with Gasteiger partial charge in [-0.05, 0) is 122 Å². The minimum absolute atomic E-state index is 0.277. The van der Waals surface area contributed by atoms with Crippen molar-refractivity contribution in [2.75, 3.05) is 4.43 Å². The van der Waals surface area contributed by atoms with E-state index in [4.69, 9.17) is 8.85 Å². The van der Waals surface area contributed by atoms with E-state index in [2.05, 4.69) is 110 Å². The van der Waals surface area contributed by atoms with Crippen LogP contribution in [0.25, 0.3) is 0 Å². The van der Waals surface area contributed by atoms with Gasteiger partial charge in [0.2, 0.25) is 0 Å². The number of rotatable bonds is 6. The molecule has 0 amide bonds. The lowest BCUT2D eigenvalue weighted by Crippen LogP contribution is -2.57. The first-order valence-corrected chi connectivity index (χ1v) is 23.2. The van der Waals surface area contributed by atoms with Crippen LogP contribution >= 0.6 is 22.6 Å². The van der Waals surface area contributed by atoms with Gasteiger partial charge in [0, 0.05) is 10.5 Å². The Labute approximate surface area is 252 Å². The second-order valence-electron chi connectivity index (χ2n) is 17.4. The highest BCUT2D eigenvalue weighted by Crippen LogP contribution is 2.70. The lowest BCUT2D eigenvalue weighted by Gasteiger charge is -2.63. The minimum Gasteiger partial charge on any atom is -0.414 e. The zero-order chi connectivity index (χ0) is 28.6. The van der Waals surface area contributed by atoms with Crippen molar-refractivity contribution in [1.29, 1.82) is 0 Å². The van der Waals surface area contributed by atoms with Gasteiger partial charge in [0.1, 0.15) is 0 Å². The second kappa shape index (κ2) is 10.2. The third-order valence-corrected chi connectivity index (χ3v) is 22.9. The summed E-state index contributed by atoms with van der Waals surface area (Å²) in [6.45, 7) is 29.5. The largest absolute Gasteiger partial charge is 0.414 e. The molecule has 7 atom stereocenters. The van der Waals surface area contributed by atoms with Crippen LogP contribution in [-0.4, -0.2) is 33.3 Å². The summed E-state index contributed by atoms with van der Waals surface area (Å²) in [5.74, 6) is 1.57. The number of halogens is 1. The van der Waals surface area contributed by atoms with E-state index in [0.717, 1.165) is 11.8 Å². The van der Waals surface area contributed by atoms with Crippen molar-refractivity contribution in [2.24, 2.45) is 28.1 Å². The Bertz CT molecular complexity index is 915. The average Bonchev–Trinajstić information content (AvgIpc) is 3.08. The molecule has 4 aliphatic carbocycles. The van der Waals surface area contributed by atoms with Crippen LogP contribution in [0.2, 0.25) is 36.3 Å². The van der Waals surface area contributed by atoms with Crippen molar-refractivity contribution in [1.82, 2.24) is 0 Å². The van der Waals surface area contributed by atoms with Crippen LogP contribution in [0.1, 0.15) is 113 Å². The van der Waals surface area contributed by atoms with Gasteiger partial charge in [0.25, 0.3) is 0 Å². The van der Waals surface area contributed by atoms with E-state index in [1.165, 1.54) is 62.2 Å². The first-order chi connectivity index (χ1) is 17.2. The van der Waals surface area contributed by atoms with Gasteiger partial charge in [0.05, 0.1) is 6.10 Å². The van der Waals surface area contributed by atoms with Crippen LogP contribution < -0.4 is 0 Å². The first kappa shape index (κ1) is 31.8. The van der Waals surface area contributed by atoms with E-state index in [9.17, 15) is 0 Å². The van der Waals surface area contributed by atoms with E-state index in [1.807, 2.05) is 5.57 Å². The zero-order valence-corrected chi connectivity index (χ0v) is 31.3. The Balaban J connectivity index is 1.61. The van der Waals surface area contributed by atoms with Crippen LogP contribution in [0.3, 0.4) is 0 Å². The highest BCUT2D eigenvalue weighted by atomic mass is 127. The van der Waals surface area contributed by atoms with E-state index < -0.39 is 16.6 Å². The Morgan fingerprint density at radius 2 is 1.47 bits per heavy atom. The Morgan fingerprint density at radius 1 is 0.868 bits per heavy atom. The fourth-order valence-electron chi connectivity index (χ4n) is 8.70. The van der Waals surface area contributed by atoms with E-state index >= 15 is 0 Å². The molecule has 5 heteroatoms. The second-order valence-corrected chi connectivity index (χ2v) is 28.0. The molecule has 0 aliphatic heterocycles. The molecular formula is C33H61IO2Si2. The standard InChI is InChI=1S/C33H61IO2Si2/c1-29(2,3)37(9,10)35-24-15-19-32(8)27-17-18-31(7)26(25(27)16-20-33(32,23-24)21-22-34)13-14-28(31)36-38(11,12)30(4,5)6/h17,24-26,28H,13-16,18-23H2,1-12H3/t24-,25-,26-,28-,31-,32+,33-/m0/s1. The molecule has 3 saturated carbocycles. The number of hydrogen-bond acceptors (Lipinski definition) is 2. The number of fused-ring (bicyclic) bond motifs is 5. The van der Waals surface area contributed by atoms with Crippen molar-refractivity contribution in [3.8, 4) is 0 Å². The maximum atomic E-state index is 7.19. The summed E-state index contributed by atoms with van der Waals surface area (Å²) in [7, 11) is -3.53. The molecule has 0 spiro atoms. The Hall–Kier alpha value is 0.824. The monoisotopic (exact) mass is 672 g/mol. The van der Waals surface area contributed by atoms with Crippen molar-refractivity contribution in [3.63, 3.8) is 0 Å². The van der Waals surface area contributed by atoms with Crippen LogP contribution in [0.15, 0.2) is 11.6 Å². The molecule has 0 aromatic heterocycles. The van der Waals surface area contributed by atoms with Crippen LogP contribution in [0, 0.1) is 28.1 Å². The van der Waals surface area contributed by atoms with E-state index in [0.29, 0.717) is 28.5 Å². The van der Waals surface area contributed by atoms with Gasteiger partial charge >= 0.3 is 0 Å². The number of allylic oxidation sites excluding steroid dienone is 2. The van der Waals surface area contributed by atoms with Crippen LogP contribution in [-0.2, 0) is 8.85 Å². The summed E-state index contributed by atoms with van der Waals surface area (Å²) in [6, 6.07) is 0. The Kier molecular flexibility index (Phi) is 8.54. The molecule has 0 saturated heterocycles. The molecule has 0 aromatic rings. The highest BCUT2D eigenvalue weighted by molar-refractivity contribution is 14.1. The van der Waals surface area contributed by atoms with Gasteiger partial charge in [-0.1, -0.05) is 89.6 Å². The van der Waals surface area contributed by atoms with Gasteiger partial charge in [0.15, 0.2) is 16.6 Å². The fraction of sp³-hybridized carbons (Fsp3) is 0.939.